The molecule has 0 radical (unpaired) electrons. The number of H-pyrrole nitrogens is 1. The van der Waals surface area contributed by atoms with Gasteiger partial charge in [-0.2, -0.15) is 0 Å². The summed E-state index contributed by atoms with van der Waals surface area (Å²) in [5, 5.41) is 26.2. The number of aromatic hydroxyl groups is 1. The molecule has 4 atom stereocenters. The third kappa shape index (κ3) is 10.4. The number of primary amides is 1. The van der Waals surface area contributed by atoms with Crippen molar-refractivity contribution in [3.63, 3.8) is 0 Å². The molecule has 1 aromatic carbocycles. The van der Waals surface area contributed by atoms with Crippen LogP contribution in [0.15, 0.2) is 36.8 Å². The van der Waals surface area contributed by atoms with Gasteiger partial charge in [-0.15, -0.1) is 0 Å². The Kier molecular flexibility index (Phi) is 11.4. The Morgan fingerprint density at radius 1 is 0.923 bits per heavy atom. The number of carbonyl (C=O) groups excluding carboxylic acids is 4. The molecule has 4 unspecified atom stereocenters. The normalized spacial score (nSPS) is 14.1. The molecule has 4 amide bonds. The van der Waals surface area contributed by atoms with E-state index in [1.54, 1.807) is 12.1 Å². The standard InChI is InChI=1S/C25H35N7O7/c1-13(2)7-18(30-22(35)17(26)8-14-3-5-16(33)6-4-14)23(36)31-19(9-15-11-28-12-29-15)24(37)32-20(25(38)39)10-21(27)34/h3-6,11-13,17-20,33H,7-10,26H2,1-2H3,(H2,27,34)(H,28,29)(H,30,35)(H,31,36)(H,32,37)(H,38,39). The molecule has 0 bridgehead atoms. The molecule has 0 saturated carbocycles. The first-order chi connectivity index (χ1) is 18.3. The van der Waals surface area contributed by atoms with Crippen LogP contribution in [0.5, 0.6) is 5.75 Å². The van der Waals surface area contributed by atoms with Gasteiger partial charge >= 0.3 is 5.97 Å². The number of aromatic amines is 1. The van der Waals surface area contributed by atoms with E-state index in [1.807, 2.05) is 13.8 Å². The van der Waals surface area contributed by atoms with Gasteiger partial charge < -0.3 is 42.6 Å². The number of phenolic OH excluding ortho intramolecular Hbond substituents is 1. The predicted octanol–water partition coefficient (Wildman–Crippen LogP) is -1.31. The van der Waals surface area contributed by atoms with Crippen molar-refractivity contribution in [1.29, 1.82) is 0 Å². The number of aromatic nitrogens is 2. The summed E-state index contributed by atoms with van der Waals surface area (Å²) >= 11 is 0. The van der Waals surface area contributed by atoms with Gasteiger partial charge in [0.15, 0.2) is 0 Å². The lowest BCUT2D eigenvalue weighted by Gasteiger charge is -2.26. The fourth-order valence-electron chi connectivity index (χ4n) is 3.73. The SMILES string of the molecule is CC(C)CC(NC(=O)C(N)Cc1ccc(O)cc1)C(=O)NC(Cc1cnc[nH]1)C(=O)NC(CC(N)=O)C(=O)O. The first-order valence-corrected chi connectivity index (χ1v) is 12.3. The molecule has 0 aliphatic carbocycles. The van der Waals surface area contributed by atoms with Crippen LogP contribution >= 0.6 is 0 Å². The zero-order valence-electron chi connectivity index (χ0n) is 21.7. The summed E-state index contributed by atoms with van der Waals surface area (Å²) in [6, 6.07) is 1.28. The van der Waals surface area contributed by atoms with Crippen molar-refractivity contribution in [2.45, 2.75) is 63.7 Å². The minimum atomic E-state index is -1.60. The van der Waals surface area contributed by atoms with Gasteiger partial charge in [0.2, 0.25) is 23.6 Å². The highest BCUT2D eigenvalue weighted by Gasteiger charge is 2.31. The maximum Gasteiger partial charge on any atom is 0.326 e. The number of carboxylic acids is 1. The Labute approximate surface area is 224 Å². The van der Waals surface area contributed by atoms with E-state index in [9.17, 15) is 34.2 Å². The number of carbonyl (C=O) groups is 5. The van der Waals surface area contributed by atoms with E-state index in [2.05, 4.69) is 25.9 Å². The van der Waals surface area contributed by atoms with Crippen molar-refractivity contribution in [2.24, 2.45) is 17.4 Å². The van der Waals surface area contributed by atoms with E-state index in [4.69, 9.17) is 11.5 Å². The first-order valence-electron chi connectivity index (χ1n) is 12.3. The van der Waals surface area contributed by atoms with Crippen molar-refractivity contribution in [1.82, 2.24) is 25.9 Å². The maximum atomic E-state index is 13.3. The number of nitrogens with zero attached hydrogens (tertiary/aromatic N) is 1. The van der Waals surface area contributed by atoms with Crippen molar-refractivity contribution < 1.29 is 34.2 Å². The minimum absolute atomic E-state index is 0.0267. The van der Waals surface area contributed by atoms with Gasteiger partial charge in [-0.3, -0.25) is 19.2 Å². The number of hydrogen-bond donors (Lipinski definition) is 8. The Morgan fingerprint density at radius 2 is 1.51 bits per heavy atom. The van der Waals surface area contributed by atoms with Crippen LogP contribution in [0, 0.1) is 5.92 Å². The number of nitrogens with one attached hydrogen (secondary N) is 4. The number of imidazole rings is 1. The lowest BCUT2D eigenvalue weighted by Crippen LogP contribution is -2.58. The van der Waals surface area contributed by atoms with Gasteiger partial charge in [0, 0.05) is 18.3 Å². The minimum Gasteiger partial charge on any atom is -0.508 e. The van der Waals surface area contributed by atoms with Crippen LogP contribution < -0.4 is 27.4 Å². The highest BCUT2D eigenvalue weighted by atomic mass is 16.4. The van der Waals surface area contributed by atoms with Crippen molar-refractivity contribution in [2.75, 3.05) is 0 Å². The molecule has 0 aliphatic rings. The molecule has 2 aromatic rings. The number of hydrogen-bond acceptors (Lipinski definition) is 8. The third-order valence-electron chi connectivity index (χ3n) is 5.70. The molecule has 14 nitrogen and oxygen atoms in total. The molecular formula is C25H35N7O7. The fraction of sp³-hybridized carbons (Fsp3) is 0.440. The van der Waals surface area contributed by atoms with Gasteiger partial charge in [-0.25, -0.2) is 9.78 Å². The zero-order chi connectivity index (χ0) is 29.1. The van der Waals surface area contributed by atoms with Crippen LogP contribution in [0.1, 0.15) is 37.9 Å². The molecule has 0 spiro atoms. The Bertz CT molecular complexity index is 1140. The highest BCUT2D eigenvalue weighted by molar-refractivity contribution is 5.95. The molecule has 0 aliphatic heterocycles. The monoisotopic (exact) mass is 545 g/mol. The average Bonchev–Trinajstić information content (AvgIpc) is 3.36. The summed E-state index contributed by atoms with van der Waals surface area (Å²) < 4.78 is 0. The molecule has 1 heterocycles. The van der Waals surface area contributed by atoms with Crippen LogP contribution in [0.25, 0.3) is 0 Å². The predicted molar refractivity (Wildman–Crippen MR) is 139 cm³/mol. The van der Waals surface area contributed by atoms with Gasteiger partial charge in [-0.1, -0.05) is 26.0 Å². The summed E-state index contributed by atoms with van der Waals surface area (Å²) in [7, 11) is 0. The van der Waals surface area contributed by atoms with Crippen LogP contribution in [0.3, 0.4) is 0 Å². The second kappa shape index (κ2) is 14.5. The highest BCUT2D eigenvalue weighted by Crippen LogP contribution is 2.12. The smallest absolute Gasteiger partial charge is 0.326 e. The van der Waals surface area contributed by atoms with Crippen LogP contribution in [0.2, 0.25) is 0 Å². The van der Waals surface area contributed by atoms with Gasteiger partial charge in [-0.05, 0) is 36.5 Å². The van der Waals surface area contributed by atoms with E-state index < -0.39 is 60.2 Å². The van der Waals surface area contributed by atoms with Crippen molar-refractivity contribution >= 4 is 29.6 Å². The van der Waals surface area contributed by atoms with Gasteiger partial charge in [0.1, 0.15) is 23.9 Å². The average molecular weight is 546 g/mol. The lowest BCUT2D eigenvalue weighted by molar-refractivity contribution is -0.143. The van der Waals surface area contributed by atoms with Crippen LogP contribution in [-0.2, 0) is 36.8 Å². The number of phenols is 1. The molecule has 10 N–H and O–H groups in total. The summed E-state index contributed by atoms with van der Waals surface area (Å²) in [6.07, 6.45) is 2.46. The molecule has 212 valence electrons. The maximum absolute atomic E-state index is 13.3. The third-order valence-corrected chi connectivity index (χ3v) is 5.70. The molecular weight excluding hydrogens is 510 g/mol. The number of amides is 4. The Morgan fingerprint density at radius 3 is 2.05 bits per heavy atom. The molecule has 0 fully saturated rings. The fourth-order valence-corrected chi connectivity index (χ4v) is 3.73. The van der Waals surface area contributed by atoms with E-state index >= 15 is 0 Å². The number of nitrogens with two attached hydrogens (primary N) is 2. The molecule has 14 heteroatoms. The summed E-state index contributed by atoms with van der Waals surface area (Å²) in [6.45, 7) is 3.69. The summed E-state index contributed by atoms with van der Waals surface area (Å²) in [5.74, 6) is -4.50. The van der Waals surface area contributed by atoms with Crippen LogP contribution in [-0.4, -0.2) is 73.9 Å². The van der Waals surface area contributed by atoms with Crippen LogP contribution in [0.4, 0.5) is 0 Å². The van der Waals surface area contributed by atoms with E-state index in [-0.39, 0.29) is 30.9 Å². The zero-order valence-corrected chi connectivity index (χ0v) is 21.7. The first kappa shape index (κ1) is 30.8. The Balaban J connectivity index is 2.17. The lowest BCUT2D eigenvalue weighted by atomic mass is 10.0. The molecule has 0 saturated heterocycles. The van der Waals surface area contributed by atoms with Gasteiger partial charge in [0.05, 0.1) is 18.8 Å². The summed E-state index contributed by atoms with van der Waals surface area (Å²) in [5.41, 5.74) is 12.3. The van der Waals surface area contributed by atoms with E-state index in [0.29, 0.717) is 11.3 Å². The second-order valence-electron chi connectivity index (χ2n) is 9.58. The number of benzene rings is 1. The largest absolute Gasteiger partial charge is 0.508 e. The Hall–Kier alpha value is -4.46. The summed E-state index contributed by atoms with van der Waals surface area (Å²) in [4.78, 5) is 68.5. The van der Waals surface area contributed by atoms with Crippen molar-refractivity contribution in [3.8, 4) is 5.75 Å². The molecule has 39 heavy (non-hydrogen) atoms. The quantitative estimate of drug-likeness (QED) is 0.132. The van der Waals surface area contributed by atoms with E-state index in [0.717, 1.165) is 0 Å². The van der Waals surface area contributed by atoms with Gasteiger partial charge in [0.25, 0.3) is 0 Å². The molecule has 1 aromatic heterocycles. The van der Waals surface area contributed by atoms with Crippen molar-refractivity contribution in [3.05, 3.63) is 48.0 Å². The number of rotatable bonds is 15. The second-order valence-corrected chi connectivity index (χ2v) is 9.58. The topological polar surface area (TPSA) is 243 Å². The van der Waals surface area contributed by atoms with E-state index in [1.165, 1.54) is 24.7 Å². The number of carboxylic acid groups (broad SMARTS) is 1. The number of aliphatic carboxylic acids is 1. The molecule has 2 rings (SSSR count).